The summed E-state index contributed by atoms with van der Waals surface area (Å²) in [6.45, 7) is 0.369. The molecule has 1 aromatic rings. The van der Waals surface area contributed by atoms with Crippen molar-refractivity contribution in [3.63, 3.8) is 0 Å². The third kappa shape index (κ3) is 3.06. The van der Waals surface area contributed by atoms with Crippen LogP contribution < -0.4 is 5.32 Å². The molecule has 0 aliphatic carbocycles. The molecule has 2 unspecified atom stereocenters. The maximum absolute atomic E-state index is 9.73. The van der Waals surface area contributed by atoms with Crippen molar-refractivity contribution in [1.82, 2.24) is 5.32 Å². The highest BCUT2D eigenvalue weighted by Crippen LogP contribution is 2.20. The molecule has 0 aromatic heterocycles. The fraction of sp³-hybridized carbons (Fsp3) is 0.400. The van der Waals surface area contributed by atoms with Crippen LogP contribution in [0.2, 0.25) is 0 Å². The lowest BCUT2D eigenvalue weighted by atomic mass is 10.0. The van der Waals surface area contributed by atoms with E-state index < -0.39 is 12.2 Å². The molecule has 0 saturated heterocycles. The van der Waals surface area contributed by atoms with Crippen LogP contribution in [0.3, 0.4) is 0 Å². The zero-order valence-electron chi connectivity index (χ0n) is 7.94. The van der Waals surface area contributed by atoms with Crippen LogP contribution in [0, 0.1) is 0 Å². The molecule has 0 aliphatic heterocycles. The Morgan fingerprint density at radius 3 is 2.71 bits per heavy atom. The largest absolute Gasteiger partial charge is 0.389 e. The van der Waals surface area contributed by atoms with Crippen LogP contribution in [0.1, 0.15) is 11.7 Å². The third-order valence-corrected chi connectivity index (χ3v) is 2.46. The summed E-state index contributed by atoms with van der Waals surface area (Å²) in [6.07, 6.45) is -1.63. The molecule has 0 aliphatic rings. The number of likely N-dealkylation sites (N-methyl/N-ethyl adjacent to an activating group) is 1. The van der Waals surface area contributed by atoms with Gasteiger partial charge in [0.2, 0.25) is 0 Å². The van der Waals surface area contributed by atoms with E-state index in [0.717, 1.165) is 4.47 Å². The molecule has 1 rings (SSSR count). The normalized spacial score (nSPS) is 15.1. The lowest BCUT2D eigenvalue weighted by molar-refractivity contribution is 0.0202. The van der Waals surface area contributed by atoms with E-state index in [1.807, 2.05) is 12.1 Å². The highest BCUT2D eigenvalue weighted by molar-refractivity contribution is 9.10. The highest BCUT2D eigenvalue weighted by Gasteiger charge is 2.17. The molecular weight excluding hydrogens is 246 g/mol. The summed E-state index contributed by atoms with van der Waals surface area (Å²) < 4.78 is 0.894. The monoisotopic (exact) mass is 259 g/mol. The van der Waals surface area contributed by atoms with Crippen LogP contribution in [0.25, 0.3) is 0 Å². The van der Waals surface area contributed by atoms with Crippen molar-refractivity contribution < 1.29 is 10.2 Å². The van der Waals surface area contributed by atoms with E-state index in [4.69, 9.17) is 0 Å². The SMILES string of the molecule is CNCC(O)C(O)c1cccc(Br)c1. The van der Waals surface area contributed by atoms with Crippen molar-refractivity contribution >= 4 is 15.9 Å². The molecule has 4 heteroatoms. The molecule has 0 radical (unpaired) electrons. The van der Waals surface area contributed by atoms with Crippen LogP contribution in [-0.2, 0) is 0 Å². The number of hydrogen-bond donors (Lipinski definition) is 3. The van der Waals surface area contributed by atoms with Crippen molar-refractivity contribution in [2.75, 3.05) is 13.6 Å². The Hall–Kier alpha value is -0.420. The summed E-state index contributed by atoms with van der Waals surface area (Å²) in [4.78, 5) is 0. The molecule has 14 heavy (non-hydrogen) atoms. The van der Waals surface area contributed by atoms with Gasteiger partial charge >= 0.3 is 0 Å². The van der Waals surface area contributed by atoms with Gasteiger partial charge in [0.15, 0.2) is 0 Å². The maximum Gasteiger partial charge on any atom is 0.106 e. The number of aliphatic hydroxyl groups is 2. The first-order valence-corrected chi connectivity index (χ1v) is 5.20. The summed E-state index contributed by atoms with van der Waals surface area (Å²) in [5, 5.41) is 22.1. The summed E-state index contributed by atoms with van der Waals surface area (Å²) in [6, 6.07) is 7.28. The first-order chi connectivity index (χ1) is 6.65. The molecule has 78 valence electrons. The first kappa shape index (κ1) is 11.7. The number of aliphatic hydroxyl groups excluding tert-OH is 2. The molecule has 0 amide bonds. The molecule has 0 fully saturated rings. The minimum absolute atomic E-state index is 0.369. The van der Waals surface area contributed by atoms with Crippen LogP contribution in [0.5, 0.6) is 0 Å². The summed E-state index contributed by atoms with van der Waals surface area (Å²) >= 11 is 3.31. The van der Waals surface area contributed by atoms with Gasteiger partial charge in [-0.1, -0.05) is 28.1 Å². The standard InChI is InChI=1S/C10H14BrNO2/c1-12-6-9(13)10(14)7-3-2-4-8(11)5-7/h2-5,9-10,12-14H,6H2,1H3. The predicted octanol–water partition coefficient (Wildman–Crippen LogP) is 1.06. The molecule has 3 nitrogen and oxygen atoms in total. The van der Waals surface area contributed by atoms with Gasteiger partial charge in [0.05, 0.1) is 6.10 Å². The predicted molar refractivity (Wildman–Crippen MR) is 59.0 cm³/mol. The maximum atomic E-state index is 9.73. The summed E-state index contributed by atoms with van der Waals surface area (Å²) in [5.74, 6) is 0. The number of hydrogen-bond acceptors (Lipinski definition) is 3. The van der Waals surface area contributed by atoms with E-state index in [0.29, 0.717) is 12.1 Å². The van der Waals surface area contributed by atoms with Crippen LogP contribution >= 0.6 is 15.9 Å². The Morgan fingerprint density at radius 2 is 2.14 bits per heavy atom. The Morgan fingerprint density at radius 1 is 1.43 bits per heavy atom. The number of benzene rings is 1. The average molecular weight is 260 g/mol. The second kappa shape index (κ2) is 5.46. The Labute approximate surface area is 91.9 Å². The van der Waals surface area contributed by atoms with Gasteiger partial charge in [0.1, 0.15) is 6.10 Å². The highest BCUT2D eigenvalue weighted by atomic mass is 79.9. The van der Waals surface area contributed by atoms with Gasteiger partial charge in [-0.25, -0.2) is 0 Å². The van der Waals surface area contributed by atoms with E-state index >= 15 is 0 Å². The molecule has 1 aromatic carbocycles. The van der Waals surface area contributed by atoms with Crippen LogP contribution in [-0.4, -0.2) is 29.9 Å². The van der Waals surface area contributed by atoms with E-state index in [1.165, 1.54) is 0 Å². The second-order valence-electron chi connectivity index (χ2n) is 3.12. The van der Waals surface area contributed by atoms with Crippen LogP contribution in [0.4, 0.5) is 0 Å². The third-order valence-electron chi connectivity index (χ3n) is 1.97. The molecule has 3 N–H and O–H groups in total. The lowest BCUT2D eigenvalue weighted by Crippen LogP contribution is -2.29. The molecule has 0 bridgehead atoms. The van der Waals surface area contributed by atoms with Gasteiger partial charge in [0, 0.05) is 11.0 Å². The lowest BCUT2D eigenvalue weighted by Gasteiger charge is -2.17. The molecule has 2 atom stereocenters. The molecule has 0 heterocycles. The zero-order valence-corrected chi connectivity index (χ0v) is 9.53. The second-order valence-corrected chi connectivity index (χ2v) is 4.04. The Kier molecular flexibility index (Phi) is 4.54. The molecular formula is C10H14BrNO2. The minimum atomic E-state index is -0.847. The van der Waals surface area contributed by atoms with Crippen LogP contribution in [0.15, 0.2) is 28.7 Å². The van der Waals surface area contributed by atoms with E-state index in [2.05, 4.69) is 21.2 Å². The first-order valence-electron chi connectivity index (χ1n) is 4.41. The van der Waals surface area contributed by atoms with Gasteiger partial charge in [-0.15, -0.1) is 0 Å². The van der Waals surface area contributed by atoms with Gasteiger partial charge in [-0.05, 0) is 24.7 Å². The topological polar surface area (TPSA) is 52.5 Å². The van der Waals surface area contributed by atoms with Gasteiger partial charge < -0.3 is 15.5 Å². The van der Waals surface area contributed by atoms with Crippen molar-refractivity contribution in [1.29, 1.82) is 0 Å². The number of halogens is 1. The van der Waals surface area contributed by atoms with Crippen molar-refractivity contribution in [3.05, 3.63) is 34.3 Å². The summed E-state index contributed by atoms with van der Waals surface area (Å²) in [5.41, 5.74) is 0.710. The van der Waals surface area contributed by atoms with Crippen molar-refractivity contribution in [2.24, 2.45) is 0 Å². The van der Waals surface area contributed by atoms with E-state index in [1.54, 1.807) is 19.2 Å². The quantitative estimate of drug-likeness (QED) is 0.758. The summed E-state index contributed by atoms with van der Waals surface area (Å²) in [7, 11) is 1.73. The Balaban J connectivity index is 2.73. The van der Waals surface area contributed by atoms with Gasteiger partial charge in [-0.2, -0.15) is 0 Å². The fourth-order valence-electron chi connectivity index (χ4n) is 1.23. The Bertz CT molecular complexity index is 293. The minimum Gasteiger partial charge on any atom is -0.389 e. The van der Waals surface area contributed by atoms with Crippen molar-refractivity contribution in [2.45, 2.75) is 12.2 Å². The number of nitrogens with one attached hydrogen (secondary N) is 1. The number of rotatable bonds is 4. The van der Waals surface area contributed by atoms with Gasteiger partial charge in [-0.3, -0.25) is 0 Å². The fourth-order valence-corrected chi connectivity index (χ4v) is 1.65. The van der Waals surface area contributed by atoms with E-state index in [9.17, 15) is 10.2 Å². The molecule has 0 saturated carbocycles. The average Bonchev–Trinajstić information content (AvgIpc) is 2.17. The van der Waals surface area contributed by atoms with Gasteiger partial charge in [0.25, 0.3) is 0 Å². The zero-order chi connectivity index (χ0) is 10.6. The van der Waals surface area contributed by atoms with Crippen molar-refractivity contribution in [3.8, 4) is 0 Å². The smallest absolute Gasteiger partial charge is 0.106 e. The molecule has 0 spiro atoms. The van der Waals surface area contributed by atoms with E-state index in [-0.39, 0.29) is 0 Å².